The van der Waals surface area contributed by atoms with Crippen molar-refractivity contribution >= 4 is 0 Å². The minimum absolute atomic E-state index is 0.236. The van der Waals surface area contributed by atoms with Crippen LogP contribution in [0, 0.1) is 0 Å². The molecule has 1 saturated heterocycles. The monoisotopic (exact) mass is 271 g/mol. The molecule has 0 spiro atoms. The molecule has 1 aromatic heterocycles. The summed E-state index contributed by atoms with van der Waals surface area (Å²) in [5.74, 6) is 0. The maximum absolute atomic E-state index is 5.84. The van der Waals surface area contributed by atoms with E-state index in [2.05, 4.69) is 35.7 Å². The van der Waals surface area contributed by atoms with E-state index >= 15 is 0 Å². The van der Waals surface area contributed by atoms with Gasteiger partial charge in [-0.2, -0.15) is 5.10 Å². The molecule has 20 heavy (non-hydrogen) atoms. The van der Waals surface area contributed by atoms with Gasteiger partial charge < -0.3 is 10.1 Å². The lowest BCUT2D eigenvalue weighted by Gasteiger charge is -2.22. The van der Waals surface area contributed by atoms with Crippen LogP contribution in [0.1, 0.15) is 31.4 Å². The van der Waals surface area contributed by atoms with Gasteiger partial charge in [-0.25, -0.2) is 4.68 Å². The molecule has 3 rings (SSSR count). The Balaban J connectivity index is 1.83. The number of ether oxygens (including phenoxy) is 1. The Morgan fingerprint density at radius 3 is 2.95 bits per heavy atom. The van der Waals surface area contributed by atoms with Crippen LogP contribution in [-0.2, 0) is 4.74 Å². The molecule has 2 atom stereocenters. The molecule has 4 heteroatoms. The summed E-state index contributed by atoms with van der Waals surface area (Å²) in [5.41, 5.74) is 2.28. The highest BCUT2D eigenvalue weighted by Crippen LogP contribution is 2.27. The Morgan fingerprint density at radius 2 is 2.25 bits per heavy atom. The lowest BCUT2D eigenvalue weighted by Crippen LogP contribution is -2.31. The van der Waals surface area contributed by atoms with Gasteiger partial charge in [-0.15, -0.1) is 0 Å². The minimum Gasteiger partial charge on any atom is -0.376 e. The van der Waals surface area contributed by atoms with E-state index in [4.69, 9.17) is 4.74 Å². The van der Waals surface area contributed by atoms with Crippen LogP contribution in [0.15, 0.2) is 42.7 Å². The zero-order valence-corrected chi connectivity index (χ0v) is 11.8. The Morgan fingerprint density at radius 1 is 1.40 bits per heavy atom. The van der Waals surface area contributed by atoms with Gasteiger partial charge >= 0.3 is 0 Å². The van der Waals surface area contributed by atoms with E-state index in [0.717, 1.165) is 31.7 Å². The summed E-state index contributed by atoms with van der Waals surface area (Å²) in [6.07, 6.45) is 6.59. The molecule has 0 aliphatic carbocycles. The number of likely N-dealkylation sites (N-methyl/N-ethyl adjacent to an activating group) is 1. The minimum atomic E-state index is 0.236. The van der Waals surface area contributed by atoms with Crippen LogP contribution in [0.4, 0.5) is 0 Å². The van der Waals surface area contributed by atoms with Crippen molar-refractivity contribution < 1.29 is 4.74 Å². The molecule has 0 amide bonds. The molecule has 2 aromatic rings. The molecule has 1 aliphatic heterocycles. The fourth-order valence-electron chi connectivity index (χ4n) is 2.77. The molecule has 106 valence electrons. The maximum atomic E-state index is 5.84. The fraction of sp³-hybridized carbons (Fsp3) is 0.438. The first kappa shape index (κ1) is 13.3. The Labute approximate surface area is 119 Å². The number of hydrogen-bond donors (Lipinski definition) is 1. The highest BCUT2D eigenvalue weighted by molar-refractivity contribution is 5.31. The van der Waals surface area contributed by atoms with Crippen molar-refractivity contribution in [2.24, 2.45) is 0 Å². The van der Waals surface area contributed by atoms with Crippen molar-refractivity contribution in [2.75, 3.05) is 13.2 Å². The molecule has 0 radical (unpaired) electrons. The first-order valence-electron chi connectivity index (χ1n) is 7.33. The lowest BCUT2D eigenvalue weighted by atomic mass is 10.0. The van der Waals surface area contributed by atoms with Crippen molar-refractivity contribution in [1.29, 1.82) is 0 Å². The van der Waals surface area contributed by atoms with E-state index in [-0.39, 0.29) is 12.1 Å². The van der Waals surface area contributed by atoms with E-state index in [9.17, 15) is 0 Å². The molecule has 4 nitrogen and oxygen atoms in total. The van der Waals surface area contributed by atoms with E-state index in [1.54, 1.807) is 0 Å². The van der Waals surface area contributed by atoms with Gasteiger partial charge in [0.1, 0.15) is 0 Å². The predicted molar refractivity (Wildman–Crippen MR) is 79.0 cm³/mol. The summed E-state index contributed by atoms with van der Waals surface area (Å²) in [4.78, 5) is 0. The second kappa shape index (κ2) is 6.20. The number of nitrogens with zero attached hydrogens (tertiary/aromatic N) is 2. The van der Waals surface area contributed by atoms with E-state index in [1.807, 2.05) is 29.1 Å². The third kappa shape index (κ3) is 2.76. The van der Waals surface area contributed by atoms with Crippen molar-refractivity contribution in [1.82, 2.24) is 15.1 Å². The smallest absolute Gasteiger partial charge is 0.0771 e. The Kier molecular flexibility index (Phi) is 4.14. The van der Waals surface area contributed by atoms with Gasteiger partial charge in [-0.05, 0) is 31.5 Å². The van der Waals surface area contributed by atoms with Crippen LogP contribution in [0.25, 0.3) is 5.69 Å². The normalized spacial score (nSPS) is 20.1. The zero-order valence-electron chi connectivity index (χ0n) is 11.8. The third-order valence-electron chi connectivity index (χ3n) is 3.74. The standard InChI is InChI=1S/C16H21N3O/c1-2-17-16(15-9-6-10-20-15)13-11-18-19(12-13)14-7-4-3-5-8-14/h3-5,7-8,11-12,15-17H,2,6,9-10H2,1H3. The first-order valence-corrected chi connectivity index (χ1v) is 7.33. The van der Waals surface area contributed by atoms with E-state index in [1.165, 1.54) is 5.56 Å². The lowest BCUT2D eigenvalue weighted by molar-refractivity contribution is 0.0788. The number of aromatic nitrogens is 2. The number of para-hydroxylation sites is 1. The molecule has 2 unspecified atom stereocenters. The summed E-state index contributed by atoms with van der Waals surface area (Å²) in [7, 11) is 0. The average molecular weight is 271 g/mol. The summed E-state index contributed by atoms with van der Waals surface area (Å²) >= 11 is 0. The zero-order chi connectivity index (χ0) is 13.8. The SMILES string of the molecule is CCNC(c1cnn(-c2ccccc2)c1)C1CCCO1. The summed E-state index contributed by atoms with van der Waals surface area (Å²) in [5, 5.41) is 8.01. The van der Waals surface area contributed by atoms with Gasteiger partial charge in [-0.1, -0.05) is 25.1 Å². The van der Waals surface area contributed by atoms with Gasteiger partial charge in [0.2, 0.25) is 0 Å². The fourth-order valence-corrected chi connectivity index (χ4v) is 2.77. The quantitative estimate of drug-likeness (QED) is 0.908. The van der Waals surface area contributed by atoms with Crippen LogP contribution >= 0.6 is 0 Å². The van der Waals surface area contributed by atoms with Crippen LogP contribution in [0.3, 0.4) is 0 Å². The molecule has 1 aromatic carbocycles. The van der Waals surface area contributed by atoms with Crippen LogP contribution in [-0.4, -0.2) is 29.0 Å². The number of nitrogens with one attached hydrogen (secondary N) is 1. The topological polar surface area (TPSA) is 39.1 Å². The largest absolute Gasteiger partial charge is 0.376 e. The number of rotatable bonds is 5. The van der Waals surface area contributed by atoms with E-state index < -0.39 is 0 Å². The first-order chi connectivity index (χ1) is 9.88. The summed E-state index contributed by atoms with van der Waals surface area (Å²) in [6, 6.07) is 10.4. The van der Waals surface area contributed by atoms with Crippen LogP contribution in [0.5, 0.6) is 0 Å². The predicted octanol–water partition coefficient (Wildman–Crippen LogP) is 2.70. The van der Waals surface area contributed by atoms with Crippen molar-refractivity contribution in [3.05, 3.63) is 48.3 Å². The van der Waals surface area contributed by atoms with Crippen molar-refractivity contribution in [2.45, 2.75) is 31.9 Å². The second-order valence-electron chi connectivity index (χ2n) is 5.14. The number of hydrogen-bond acceptors (Lipinski definition) is 3. The third-order valence-corrected chi connectivity index (χ3v) is 3.74. The molecule has 1 aliphatic rings. The van der Waals surface area contributed by atoms with Gasteiger partial charge in [-0.3, -0.25) is 0 Å². The number of benzene rings is 1. The molecule has 1 N–H and O–H groups in total. The summed E-state index contributed by atoms with van der Waals surface area (Å²) in [6.45, 7) is 3.93. The van der Waals surface area contributed by atoms with Crippen molar-refractivity contribution in [3.63, 3.8) is 0 Å². The van der Waals surface area contributed by atoms with Crippen LogP contribution in [0.2, 0.25) is 0 Å². The van der Waals surface area contributed by atoms with Gasteiger partial charge in [0, 0.05) is 18.4 Å². The molecular weight excluding hydrogens is 250 g/mol. The molecule has 2 heterocycles. The van der Waals surface area contributed by atoms with E-state index in [0.29, 0.717) is 0 Å². The highest BCUT2D eigenvalue weighted by Gasteiger charge is 2.27. The summed E-state index contributed by atoms with van der Waals surface area (Å²) < 4.78 is 7.76. The molecule has 0 bridgehead atoms. The maximum Gasteiger partial charge on any atom is 0.0771 e. The molecule has 1 fully saturated rings. The van der Waals surface area contributed by atoms with Gasteiger partial charge in [0.25, 0.3) is 0 Å². The second-order valence-corrected chi connectivity index (χ2v) is 5.14. The Bertz CT molecular complexity index is 532. The van der Waals surface area contributed by atoms with Gasteiger partial charge in [0.05, 0.1) is 24.0 Å². The highest BCUT2D eigenvalue weighted by atomic mass is 16.5. The van der Waals surface area contributed by atoms with Gasteiger partial charge in [0.15, 0.2) is 0 Å². The van der Waals surface area contributed by atoms with Crippen LogP contribution < -0.4 is 5.32 Å². The average Bonchev–Trinajstić information content (AvgIpc) is 3.17. The molecular formula is C16H21N3O. The Hall–Kier alpha value is -1.65. The van der Waals surface area contributed by atoms with Crippen molar-refractivity contribution in [3.8, 4) is 5.69 Å². The molecule has 0 saturated carbocycles.